The summed E-state index contributed by atoms with van der Waals surface area (Å²) in [4.78, 5) is 23.4. The molecule has 4 heteroatoms. The minimum absolute atomic E-state index is 0.121. The molecular formula is C15H27NO3. The van der Waals surface area contributed by atoms with Crippen molar-refractivity contribution in [3.05, 3.63) is 0 Å². The maximum atomic E-state index is 12.3. The zero-order valence-electron chi connectivity index (χ0n) is 12.4. The van der Waals surface area contributed by atoms with Crippen molar-refractivity contribution in [2.45, 2.75) is 65.7 Å². The molecule has 0 aromatic carbocycles. The summed E-state index contributed by atoms with van der Waals surface area (Å²) in [5.74, 6) is -0.694. The summed E-state index contributed by atoms with van der Waals surface area (Å²) in [5, 5.41) is 12.0. The number of nitrogens with one attached hydrogen (secondary N) is 1. The van der Waals surface area contributed by atoms with E-state index in [0.29, 0.717) is 13.0 Å². The number of carboxylic acid groups (broad SMARTS) is 1. The quantitative estimate of drug-likeness (QED) is 0.779. The number of hydrogen-bond acceptors (Lipinski definition) is 2. The molecule has 0 aromatic rings. The van der Waals surface area contributed by atoms with E-state index in [1.165, 1.54) is 6.42 Å². The number of carbonyl (C=O) groups excluding carboxylic acids is 1. The topological polar surface area (TPSA) is 66.4 Å². The number of carboxylic acids is 1. The van der Waals surface area contributed by atoms with Crippen LogP contribution < -0.4 is 5.32 Å². The van der Waals surface area contributed by atoms with Crippen LogP contribution in [-0.4, -0.2) is 23.5 Å². The highest BCUT2D eigenvalue weighted by Crippen LogP contribution is 2.39. The van der Waals surface area contributed by atoms with Crippen LogP contribution in [0.4, 0.5) is 0 Å². The van der Waals surface area contributed by atoms with Gasteiger partial charge in [0.25, 0.3) is 0 Å². The zero-order valence-corrected chi connectivity index (χ0v) is 12.4. The molecule has 0 bridgehead atoms. The SMILES string of the molecule is CCC1(C(=O)NCCC(C)(C)C(=O)O)CCCCC1. The van der Waals surface area contributed by atoms with Crippen LogP contribution in [0.25, 0.3) is 0 Å². The van der Waals surface area contributed by atoms with Crippen LogP contribution in [0.15, 0.2) is 0 Å². The second-order valence-electron chi connectivity index (χ2n) is 6.39. The van der Waals surface area contributed by atoms with Gasteiger partial charge in [-0.1, -0.05) is 26.2 Å². The van der Waals surface area contributed by atoms with Crippen LogP contribution in [0.3, 0.4) is 0 Å². The summed E-state index contributed by atoms with van der Waals surface area (Å²) < 4.78 is 0. The van der Waals surface area contributed by atoms with E-state index in [2.05, 4.69) is 12.2 Å². The molecule has 1 saturated carbocycles. The molecule has 0 unspecified atom stereocenters. The van der Waals surface area contributed by atoms with Gasteiger partial charge < -0.3 is 10.4 Å². The van der Waals surface area contributed by atoms with Crippen molar-refractivity contribution < 1.29 is 14.7 Å². The van der Waals surface area contributed by atoms with Gasteiger partial charge in [0.05, 0.1) is 5.41 Å². The van der Waals surface area contributed by atoms with Crippen molar-refractivity contribution in [2.75, 3.05) is 6.54 Å². The molecule has 19 heavy (non-hydrogen) atoms. The second kappa shape index (κ2) is 6.40. The van der Waals surface area contributed by atoms with E-state index in [1.807, 2.05) is 0 Å². The van der Waals surface area contributed by atoms with Crippen molar-refractivity contribution in [3.8, 4) is 0 Å². The van der Waals surface area contributed by atoms with Gasteiger partial charge >= 0.3 is 5.97 Å². The van der Waals surface area contributed by atoms with Gasteiger partial charge in [0.2, 0.25) is 5.91 Å². The minimum atomic E-state index is -0.815. The predicted octanol–water partition coefficient (Wildman–Crippen LogP) is 2.96. The van der Waals surface area contributed by atoms with Crippen LogP contribution >= 0.6 is 0 Å². The maximum Gasteiger partial charge on any atom is 0.309 e. The smallest absolute Gasteiger partial charge is 0.309 e. The van der Waals surface area contributed by atoms with Gasteiger partial charge in [0.1, 0.15) is 0 Å². The van der Waals surface area contributed by atoms with Crippen LogP contribution in [0.1, 0.15) is 65.7 Å². The van der Waals surface area contributed by atoms with Crippen molar-refractivity contribution in [2.24, 2.45) is 10.8 Å². The Balaban J connectivity index is 2.48. The van der Waals surface area contributed by atoms with E-state index < -0.39 is 11.4 Å². The normalized spacial score (nSPS) is 18.9. The van der Waals surface area contributed by atoms with E-state index >= 15 is 0 Å². The number of rotatable bonds is 6. The van der Waals surface area contributed by atoms with Crippen LogP contribution in [0.2, 0.25) is 0 Å². The van der Waals surface area contributed by atoms with E-state index in [0.717, 1.165) is 32.1 Å². The highest BCUT2D eigenvalue weighted by atomic mass is 16.4. The molecule has 1 aliphatic rings. The van der Waals surface area contributed by atoms with Crippen LogP contribution in [0.5, 0.6) is 0 Å². The maximum absolute atomic E-state index is 12.3. The van der Waals surface area contributed by atoms with Gasteiger partial charge in [-0.25, -0.2) is 0 Å². The lowest BCUT2D eigenvalue weighted by Gasteiger charge is -2.35. The first-order chi connectivity index (χ1) is 8.84. The summed E-state index contributed by atoms with van der Waals surface area (Å²) in [5.41, 5.74) is -0.981. The van der Waals surface area contributed by atoms with Gasteiger partial charge in [-0.3, -0.25) is 9.59 Å². The molecule has 0 atom stereocenters. The zero-order chi connectivity index (χ0) is 14.5. The van der Waals surface area contributed by atoms with Crippen molar-refractivity contribution >= 4 is 11.9 Å². The third-order valence-corrected chi connectivity index (χ3v) is 4.58. The summed E-state index contributed by atoms with van der Waals surface area (Å²) >= 11 is 0. The monoisotopic (exact) mass is 269 g/mol. The lowest BCUT2D eigenvalue weighted by Crippen LogP contribution is -2.43. The first-order valence-corrected chi connectivity index (χ1v) is 7.36. The van der Waals surface area contributed by atoms with Gasteiger partial charge in [0.15, 0.2) is 0 Å². The summed E-state index contributed by atoms with van der Waals surface area (Å²) in [6.45, 7) is 5.90. The molecule has 0 saturated heterocycles. The number of hydrogen-bond donors (Lipinski definition) is 2. The largest absolute Gasteiger partial charge is 0.481 e. The molecule has 1 aliphatic carbocycles. The van der Waals surface area contributed by atoms with Crippen molar-refractivity contribution in [1.29, 1.82) is 0 Å². The third-order valence-electron chi connectivity index (χ3n) is 4.58. The van der Waals surface area contributed by atoms with Gasteiger partial charge in [-0.05, 0) is 39.5 Å². The van der Waals surface area contributed by atoms with Crippen LogP contribution in [-0.2, 0) is 9.59 Å². The lowest BCUT2D eigenvalue weighted by molar-refractivity contribution is -0.147. The first kappa shape index (κ1) is 16.0. The average molecular weight is 269 g/mol. The average Bonchev–Trinajstić information content (AvgIpc) is 2.39. The molecular weight excluding hydrogens is 242 g/mol. The van der Waals surface area contributed by atoms with E-state index in [1.54, 1.807) is 13.8 Å². The molecule has 0 spiro atoms. The number of carbonyl (C=O) groups is 2. The third kappa shape index (κ3) is 3.95. The Labute approximate surface area is 116 Å². The fourth-order valence-corrected chi connectivity index (χ4v) is 2.75. The number of aliphatic carboxylic acids is 1. The van der Waals surface area contributed by atoms with Crippen molar-refractivity contribution in [3.63, 3.8) is 0 Å². The molecule has 0 aliphatic heterocycles. The second-order valence-corrected chi connectivity index (χ2v) is 6.39. The predicted molar refractivity (Wildman–Crippen MR) is 74.9 cm³/mol. The van der Waals surface area contributed by atoms with E-state index in [4.69, 9.17) is 5.11 Å². The van der Waals surface area contributed by atoms with Gasteiger partial charge in [-0.2, -0.15) is 0 Å². The number of amides is 1. The first-order valence-electron chi connectivity index (χ1n) is 7.36. The molecule has 1 fully saturated rings. The molecule has 0 heterocycles. The van der Waals surface area contributed by atoms with Gasteiger partial charge in [-0.15, -0.1) is 0 Å². The Hall–Kier alpha value is -1.06. The molecule has 2 N–H and O–H groups in total. The summed E-state index contributed by atoms with van der Waals surface area (Å²) in [6, 6.07) is 0. The Bertz CT molecular complexity index is 330. The van der Waals surface area contributed by atoms with Crippen molar-refractivity contribution in [1.82, 2.24) is 5.32 Å². The Morgan fingerprint density at radius 3 is 2.26 bits per heavy atom. The standard InChI is InChI=1S/C15H27NO3/c1-4-15(8-6-5-7-9-15)12(17)16-11-10-14(2,3)13(18)19/h4-11H2,1-3H3,(H,16,17)(H,18,19). The highest BCUT2D eigenvalue weighted by molar-refractivity contribution is 5.82. The minimum Gasteiger partial charge on any atom is -0.481 e. The highest BCUT2D eigenvalue weighted by Gasteiger charge is 2.37. The fraction of sp³-hybridized carbons (Fsp3) is 0.867. The molecule has 1 rings (SSSR count). The molecule has 4 nitrogen and oxygen atoms in total. The van der Waals surface area contributed by atoms with Gasteiger partial charge in [0, 0.05) is 12.0 Å². The van der Waals surface area contributed by atoms with Crippen LogP contribution in [0, 0.1) is 10.8 Å². The van der Waals surface area contributed by atoms with E-state index in [9.17, 15) is 9.59 Å². The Morgan fingerprint density at radius 2 is 1.79 bits per heavy atom. The summed E-state index contributed by atoms with van der Waals surface area (Å²) in [7, 11) is 0. The molecule has 0 radical (unpaired) electrons. The summed E-state index contributed by atoms with van der Waals surface area (Å²) in [6.07, 6.45) is 6.76. The fourth-order valence-electron chi connectivity index (χ4n) is 2.75. The molecule has 0 aromatic heterocycles. The Kier molecular flexibility index (Phi) is 5.39. The Morgan fingerprint density at radius 1 is 1.21 bits per heavy atom. The lowest BCUT2D eigenvalue weighted by atomic mass is 9.71. The van der Waals surface area contributed by atoms with E-state index in [-0.39, 0.29) is 11.3 Å². The molecule has 110 valence electrons. The molecule has 1 amide bonds.